The van der Waals surface area contributed by atoms with E-state index in [0.717, 1.165) is 16.4 Å². The molecule has 0 atom stereocenters. The zero-order chi connectivity index (χ0) is 16.2. The number of rotatable bonds is 0. The van der Waals surface area contributed by atoms with Crippen LogP contribution in [0.25, 0.3) is 22.1 Å². The van der Waals surface area contributed by atoms with Gasteiger partial charge in [0, 0.05) is 35.6 Å². The minimum atomic E-state index is 0.518. The molecule has 6 nitrogen and oxygen atoms in total. The Hall–Kier alpha value is -3.35. The van der Waals surface area contributed by atoms with Gasteiger partial charge in [-0.05, 0) is 18.2 Å². The van der Waals surface area contributed by atoms with Crippen LogP contribution in [-0.4, -0.2) is 19.9 Å². The summed E-state index contributed by atoms with van der Waals surface area (Å²) in [6, 6.07) is 9.44. The third-order valence-electron chi connectivity index (χ3n) is 3.14. The quantitative estimate of drug-likeness (QED) is 0.517. The number of hydrogen-bond acceptors (Lipinski definition) is 4. The van der Waals surface area contributed by atoms with Gasteiger partial charge in [-0.2, -0.15) is 10.5 Å². The zero-order valence-corrected chi connectivity index (χ0v) is 12.5. The van der Waals surface area contributed by atoms with Gasteiger partial charge >= 0.3 is 0 Å². The SMILES string of the molecule is N#Cc1cnc2[nH]cc(Cl)c2c1.N#Cc1cnc2[nH]ccc2c1. The largest absolute Gasteiger partial charge is 0.346 e. The number of aromatic amines is 2. The van der Waals surface area contributed by atoms with Gasteiger partial charge in [0.25, 0.3) is 0 Å². The first-order valence-electron chi connectivity index (χ1n) is 6.57. The molecule has 0 unspecified atom stereocenters. The van der Waals surface area contributed by atoms with Crippen LogP contribution in [0.2, 0.25) is 5.02 Å². The molecule has 0 aromatic carbocycles. The first-order valence-corrected chi connectivity index (χ1v) is 6.95. The number of halogens is 1. The molecule has 23 heavy (non-hydrogen) atoms. The lowest BCUT2D eigenvalue weighted by Gasteiger charge is -1.89. The van der Waals surface area contributed by atoms with Crippen LogP contribution >= 0.6 is 11.6 Å². The summed E-state index contributed by atoms with van der Waals surface area (Å²) in [6.45, 7) is 0. The second kappa shape index (κ2) is 6.18. The number of hydrogen-bond donors (Lipinski definition) is 2. The molecular weight excluding hydrogens is 312 g/mol. The summed E-state index contributed by atoms with van der Waals surface area (Å²) >= 11 is 5.82. The lowest BCUT2D eigenvalue weighted by Crippen LogP contribution is -1.78. The Morgan fingerprint density at radius 3 is 2.39 bits per heavy atom. The Bertz CT molecular complexity index is 1060. The summed E-state index contributed by atoms with van der Waals surface area (Å²) in [5, 5.41) is 19.5. The molecule has 4 rings (SSSR count). The van der Waals surface area contributed by atoms with Gasteiger partial charge in [-0.3, -0.25) is 0 Å². The number of aromatic nitrogens is 4. The van der Waals surface area contributed by atoms with E-state index in [4.69, 9.17) is 22.1 Å². The Kier molecular flexibility index (Phi) is 3.92. The topological polar surface area (TPSA) is 105 Å². The average molecular weight is 321 g/mol. The minimum Gasteiger partial charge on any atom is -0.346 e. The van der Waals surface area contributed by atoms with E-state index in [-0.39, 0.29) is 0 Å². The molecule has 0 fully saturated rings. The highest BCUT2D eigenvalue weighted by Gasteiger charge is 2.02. The number of nitrogens with one attached hydrogen (secondary N) is 2. The van der Waals surface area contributed by atoms with Crippen LogP contribution in [0.4, 0.5) is 0 Å². The fraction of sp³-hybridized carbons (Fsp3) is 0. The Morgan fingerprint density at radius 1 is 0.957 bits per heavy atom. The van der Waals surface area contributed by atoms with E-state index in [2.05, 4.69) is 19.9 Å². The summed E-state index contributed by atoms with van der Waals surface area (Å²) in [4.78, 5) is 13.9. The lowest BCUT2D eigenvalue weighted by atomic mass is 10.2. The maximum absolute atomic E-state index is 8.58. The molecule has 4 heterocycles. The molecule has 7 heteroatoms. The molecule has 0 radical (unpaired) electrons. The van der Waals surface area contributed by atoms with E-state index in [0.29, 0.717) is 21.8 Å². The van der Waals surface area contributed by atoms with Gasteiger partial charge in [-0.25, -0.2) is 9.97 Å². The molecule has 0 saturated heterocycles. The van der Waals surface area contributed by atoms with Crippen molar-refractivity contribution in [2.75, 3.05) is 0 Å². The third kappa shape index (κ3) is 2.98. The standard InChI is InChI=1S/C8H4ClN3.C8H5N3/c9-7-4-12-8-6(7)1-5(2-10)3-11-8;9-4-6-3-7-1-2-10-8(7)11-5-6/h1,3-4H,(H,11,12);1-3,5H,(H,10,11). The second-order valence-corrected chi connectivity index (χ2v) is 5.03. The highest BCUT2D eigenvalue weighted by atomic mass is 35.5. The predicted octanol–water partition coefficient (Wildman–Crippen LogP) is 3.52. The fourth-order valence-corrected chi connectivity index (χ4v) is 2.23. The number of nitriles is 2. The second-order valence-electron chi connectivity index (χ2n) is 4.62. The van der Waals surface area contributed by atoms with E-state index < -0.39 is 0 Å². The molecule has 2 N–H and O–H groups in total. The van der Waals surface area contributed by atoms with Gasteiger partial charge in [0.2, 0.25) is 0 Å². The fourth-order valence-electron chi connectivity index (χ4n) is 2.03. The van der Waals surface area contributed by atoms with Crippen molar-refractivity contribution in [1.82, 2.24) is 19.9 Å². The molecule has 0 aliphatic heterocycles. The van der Waals surface area contributed by atoms with Crippen molar-refractivity contribution in [3.63, 3.8) is 0 Å². The smallest absolute Gasteiger partial charge is 0.138 e. The molecule has 0 aliphatic rings. The van der Waals surface area contributed by atoms with E-state index >= 15 is 0 Å². The van der Waals surface area contributed by atoms with Crippen molar-refractivity contribution in [2.45, 2.75) is 0 Å². The van der Waals surface area contributed by atoms with Gasteiger partial charge in [-0.1, -0.05) is 11.6 Å². The monoisotopic (exact) mass is 320 g/mol. The Balaban J connectivity index is 0.000000136. The van der Waals surface area contributed by atoms with Gasteiger partial charge in [0.1, 0.15) is 23.4 Å². The summed E-state index contributed by atoms with van der Waals surface area (Å²) in [7, 11) is 0. The number of fused-ring (bicyclic) bond motifs is 2. The lowest BCUT2D eigenvalue weighted by molar-refractivity contribution is 1.31. The van der Waals surface area contributed by atoms with E-state index in [1.54, 1.807) is 30.7 Å². The zero-order valence-electron chi connectivity index (χ0n) is 11.7. The highest BCUT2D eigenvalue weighted by molar-refractivity contribution is 6.35. The van der Waals surface area contributed by atoms with Gasteiger partial charge in [-0.15, -0.1) is 0 Å². The van der Waals surface area contributed by atoms with Gasteiger partial charge < -0.3 is 9.97 Å². The van der Waals surface area contributed by atoms with E-state index in [1.807, 2.05) is 18.2 Å². The van der Waals surface area contributed by atoms with Crippen molar-refractivity contribution in [1.29, 1.82) is 10.5 Å². The van der Waals surface area contributed by atoms with Crippen LogP contribution in [0.15, 0.2) is 43.0 Å². The van der Waals surface area contributed by atoms with Crippen LogP contribution in [0.5, 0.6) is 0 Å². The molecule has 4 aromatic rings. The molecule has 0 aliphatic carbocycles. The third-order valence-corrected chi connectivity index (χ3v) is 3.45. The maximum atomic E-state index is 8.58. The van der Waals surface area contributed by atoms with Crippen molar-refractivity contribution in [3.8, 4) is 12.1 Å². The highest BCUT2D eigenvalue weighted by Crippen LogP contribution is 2.21. The Labute approximate surface area is 136 Å². The molecule has 0 saturated carbocycles. The van der Waals surface area contributed by atoms with Crippen molar-refractivity contribution >= 4 is 33.7 Å². The maximum Gasteiger partial charge on any atom is 0.138 e. The molecule has 0 spiro atoms. The van der Waals surface area contributed by atoms with Crippen LogP contribution in [0.1, 0.15) is 11.1 Å². The Morgan fingerprint density at radius 2 is 1.65 bits per heavy atom. The molecule has 0 amide bonds. The van der Waals surface area contributed by atoms with Gasteiger partial charge in [0.15, 0.2) is 0 Å². The number of H-pyrrole nitrogens is 2. The predicted molar refractivity (Wildman–Crippen MR) is 86.6 cm³/mol. The van der Waals surface area contributed by atoms with E-state index in [9.17, 15) is 0 Å². The number of pyridine rings is 2. The molecule has 0 bridgehead atoms. The summed E-state index contributed by atoms with van der Waals surface area (Å²) in [5.41, 5.74) is 2.64. The minimum absolute atomic E-state index is 0.518. The molecular formula is C16H9ClN6. The van der Waals surface area contributed by atoms with Crippen LogP contribution in [0.3, 0.4) is 0 Å². The summed E-state index contributed by atoms with van der Waals surface area (Å²) in [6.07, 6.45) is 6.52. The van der Waals surface area contributed by atoms with Crippen LogP contribution < -0.4 is 0 Å². The van der Waals surface area contributed by atoms with Crippen molar-refractivity contribution < 1.29 is 0 Å². The first kappa shape index (κ1) is 14.6. The first-order chi connectivity index (χ1) is 11.2. The van der Waals surface area contributed by atoms with Crippen LogP contribution in [0, 0.1) is 22.7 Å². The number of nitrogens with zero attached hydrogens (tertiary/aromatic N) is 4. The van der Waals surface area contributed by atoms with Crippen molar-refractivity contribution in [2.24, 2.45) is 0 Å². The molecule has 4 aromatic heterocycles. The summed E-state index contributed by atoms with van der Waals surface area (Å²) < 4.78 is 0. The average Bonchev–Trinajstić information content (AvgIpc) is 3.21. The molecule has 110 valence electrons. The summed E-state index contributed by atoms with van der Waals surface area (Å²) in [5.74, 6) is 0. The van der Waals surface area contributed by atoms with Crippen LogP contribution in [-0.2, 0) is 0 Å². The van der Waals surface area contributed by atoms with E-state index in [1.165, 1.54) is 6.20 Å². The van der Waals surface area contributed by atoms with Gasteiger partial charge in [0.05, 0.1) is 16.1 Å². The normalized spacial score (nSPS) is 9.87. The van der Waals surface area contributed by atoms with Crippen molar-refractivity contribution in [3.05, 3.63) is 59.1 Å².